The van der Waals surface area contributed by atoms with Crippen molar-refractivity contribution in [2.45, 2.75) is 51.3 Å². The van der Waals surface area contributed by atoms with E-state index in [0.717, 1.165) is 18.5 Å². The van der Waals surface area contributed by atoms with Gasteiger partial charge in [-0.2, -0.15) is 0 Å². The lowest BCUT2D eigenvalue weighted by molar-refractivity contribution is 0.0475. The second kappa shape index (κ2) is 6.00. The standard InChI is InChI=1S/C16H21ClN2O4/c1-16(2,3)23-15(20)19-10-4-9(5-10)18-12-7-14-13(6-11(12)17)21-8-22-14/h6-7,9-10,18H,4-5,8H2,1-3H3,(H,19,20). The van der Waals surface area contributed by atoms with Gasteiger partial charge in [0.25, 0.3) is 0 Å². The number of halogens is 1. The van der Waals surface area contributed by atoms with Gasteiger partial charge in [-0.3, -0.25) is 0 Å². The van der Waals surface area contributed by atoms with Crippen LogP contribution in [0, 0.1) is 0 Å². The van der Waals surface area contributed by atoms with E-state index in [1.165, 1.54) is 0 Å². The fourth-order valence-electron chi connectivity index (χ4n) is 2.58. The Morgan fingerprint density at radius 1 is 1.22 bits per heavy atom. The number of hydrogen-bond donors (Lipinski definition) is 2. The van der Waals surface area contributed by atoms with E-state index < -0.39 is 5.60 Å². The largest absolute Gasteiger partial charge is 0.454 e. The van der Waals surface area contributed by atoms with Gasteiger partial charge in [-0.1, -0.05) is 11.6 Å². The monoisotopic (exact) mass is 340 g/mol. The molecule has 1 aromatic rings. The summed E-state index contributed by atoms with van der Waals surface area (Å²) in [4.78, 5) is 11.7. The molecule has 3 rings (SSSR count). The number of rotatable bonds is 3. The lowest BCUT2D eigenvalue weighted by Crippen LogP contribution is -2.50. The number of hydrogen-bond acceptors (Lipinski definition) is 5. The first-order chi connectivity index (χ1) is 10.8. The summed E-state index contributed by atoms with van der Waals surface area (Å²) >= 11 is 6.24. The summed E-state index contributed by atoms with van der Waals surface area (Å²) in [6, 6.07) is 3.98. The average Bonchev–Trinajstić information content (AvgIpc) is 2.81. The van der Waals surface area contributed by atoms with Crippen LogP contribution in [0.4, 0.5) is 10.5 Å². The summed E-state index contributed by atoms with van der Waals surface area (Å²) < 4.78 is 15.9. The molecule has 2 aliphatic rings. The first kappa shape index (κ1) is 16.1. The van der Waals surface area contributed by atoms with E-state index in [4.69, 9.17) is 25.8 Å². The van der Waals surface area contributed by atoms with Gasteiger partial charge in [0, 0.05) is 24.2 Å². The summed E-state index contributed by atoms with van der Waals surface area (Å²) in [5.74, 6) is 1.36. The third-order valence-corrected chi connectivity index (χ3v) is 3.99. The Labute approximate surface area is 140 Å². The van der Waals surface area contributed by atoms with Crippen molar-refractivity contribution in [3.63, 3.8) is 0 Å². The molecular formula is C16H21ClN2O4. The second-order valence-corrected chi connectivity index (χ2v) is 7.25. The van der Waals surface area contributed by atoms with E-state index in [0.29, 0.717) is 16.5 Å². The quantitative estimate of drug-likeness (QED) is 0.880. The predicted molar refractivity (Wildman–Crippen MR) is 87.4 cm³/mol. The summed E-state index contributed by atoms with van der Waals surface area (Å²) in [6.45, 7) is 5.76. The van der Waals surface area contributed by atoms with Crippen molar-refractivity contribution in [3.05, 3.63) is 17.2 Å². The number of nitrogens with one attached hydrogen (secondary N) is 2. The summed E-state index contributed by atoms with van der Waals surface area (Å²) in [6.07, 6.45) is 1.27. The van der Waals surface area contributed by atoms with E-state index >= 15 is 0 Å². The van der Waals surface area contributed by atoms with Crippen molar-refractivity contribution in [3.8, 4) is 11.5 Å². The Bertz CT molecular complexity index is 609. The predicted octanol–water partition coefficient (Wildman–Crippen LogP) is 3.54. The van der Waals surface area contributed by atoms with Crippen LogP contribution in [0.2, 0.25) is 5.02 Å². The lowest BCUT2D eigenvalue weighted by Gasteiger charge is -2.37. The van der Waals surface area contributed by atoms with Gasteiger partial charge >= 0.3 is 6.09 Å². The fourth-order valence-corrected chi connectivity index (χ4v) is 2.78. The number of carbonyl (C=O) groups excluding carboxylic acids is 1. The Kier molecular flexibility index (Phi) is 4.19. The van der Waals surface area contributed by atoms with Gasteiger partial charge in [0.15, 0.2) is 11.5 Å². The molecule has 1 aromatic carbocycles. The van der Waals surface area contributed by atoms with Crippen molar-refractivity contribution in [1.82, 2.24) is 5.32 Å². The van der Waals surface area contributed by atoms with Crippen molar-refractivity contribution >= 4 is 23.4 Å². The molecule has 1 fully saturated rings. The van der Waals surface area contributed by atoms with E-state index in [1.807, 2.05) is 26.8 Å². The minimum atomic E-state index is -0.481. The molecule has 7 heteroatoms. The molecule has 2 N–H and O–H groups in total. The Balaban J connectivity index is 1.48. The highest BCUT2D eigenvalue weighted by Crippen LogP contribution is 2.40. The smallest absolute Gasteiger partial charge is 0.407 e. The van der Waals surface area contributed by atoms with Gasteiger partial charge < -0.3 is 24.8 Å². The van der Waals surface area contributed by atoms with Crippen LogP contribution in [-0.2, 0) is 4.74 Å². The summed E-state index contributed by atoms with van der Waals surface area (Å²) in [5.41, 5.74) is 0.336. The minimum Gasteiger partial charge on any atom is -0.454 e. The first-order valence-electron chi connectivity index (χ1n) is 7.65. The van der Waals surface area contributed by atoms with Crippen LogP contribution in [0.15, 0.2) is 12.1 Å². The molecule has 23 heavy (non-hydrogen) atoms. The third kappa shape index (κ3) is 3.93. The number of carbonyl (C=O) groups is 1. The molecule has 1 aliphatic heterocycles. The SMILES string of the molecule is CC(C)(C)OC(=O)NC1CC(Nc2cc3c(cc2Cl)OCO3)C1. The van der Waals surface area contributed by atoms with Crippen LogP contribution in [0.25, 0.3) is 0 Å². The molecule has 0 saturated heterocycles. The maximum atomic E-state index is 11.7. The zero-order chi connectivity index (χ0) is 16.6. The maximum absolute atomic E-state index is 11.7. The Hall–Kier alpha value is -1.82. The van der Waals surface area contributed by atoms with E-state index in [1.54, 1.807) is 6.07 Å². The molecule has 1 aliphatic carbocycles. The third-order valence-electron chi connectivity index (χ3n) is 3.68. The number of amides is 1. The van der Waals surface area contributed by atoms with Crippen LogP contribution < -0.4 is 20.1 Å². The number of alkyl carbamates (subject to hydrolysis) is 1. The zero-order valence-electron chi connectivity index (χ0n) is 13.4. The van der Waals surface area contributed by atoms with Gasteiger partial charge in [-0.25, -0.2) is 4.79 Å². The first-order valence-corrected chi connectivity index (χ1v) is 8.03. The van der Waals surface area contributed by atoms with Gasteiger partial charge in [-0.15, -0.1) is 0 Å². The molecular weight excluding hydrogens is 320 g/mol. The highest BCUT2D eigenvalue weighted by atomic mass is 35.5. The van der Waals surface area contributed by atoms with Crippen molar-refractivity contribution < 1.29 is 19.0 Å². The summed E-state index contributed by atoms with van der Waals surface area (Å²) in [7, 11) is 0. The van der Waals surface area contributed by atoms with E-state index in [-0.39, 0.29) is 25.0 Å². The fraction of sp³-hybridized carbons (Fsp3) is 0.562. The van der Waals surface area contributed by atoms with Crippen LogP contribution in [-0.4, -0.2) is 30.6 Å². The molecule has 1 saturated carbocycles. The molecule has 0 atom stereocenters. The normalized spacial score (nSPS) is 22.3. The molecule has 0 unspecified atom stereocenters. The number of anilines is 1. The van der Waals surface area contributed by atoms with Crippen molar-refractivity contribution in [1.29, 1.82) is 0 Å². The number of benzene rings is 1. The van der Waals surface area contributed by atoms with E-state index in [9.17, 15) is 4.79 Å². The number of fused-ring (bicyclic) bond motifs is 1. The highest BCUT2D eigenvalue weighted by Gasteiger charge is 2.32. The Morgan fingerprint density at radius 2 is 1.87 bits per heavy atom. The molecule has 0 spiro atoms. The van der Waals surface area contributed by atoms with Gasteiger partial charge in [0.1, 0.15) is 5.60 Å². The molecule has 126 valence electrons. The van der Waals surface area contributed by atoms with Crippen LogP contribution in [0.1, 0.15) is 33.6 Å². The lowest BCUT2D eigenvalue weighted by atomic mass is 9.86. The molecule has 0 radical (unpaired) electrons. The van der Waals surface area contributed by atoms with Crippen molar-refractivity contribution in [2.24, 2.45) is 0 Å². The zero-order valence-corrected chi connectivity index (χ0v) is 14.2. The maximum Gasteiger partial charge on any atom is 0.407 e. The highest BCUT2D eigenvalue weighted by molar-refractivity contribution is 6.33. The molecule has 1 amide bonds. The topological polar surface area (TPSA) is 68.8 Å². The van der Waals surface area contributed by atoms with Gasteiger partial charge in [0.2, 0.25) is 6.79 Å². The summed E-state index contributed by atoms with van der Waals surface area (Å²) in [5, 5.41) is 6.83. The van der Waals surface area contributed by atoms with Crippen molar-refractivity contribution in [2.75, 3.05) is 12.1 Å². The van der Waals surface area contributed by atoms with Gasteiger partial charge in [-0.05, 0) is 33.6 Å². The number of ether oxygens (including phenoxy) is 3. The Morgan fingerprint density at radius 3 is 2.52 bits per heavy atom. The molecule has 1 heterocycles. The molecule has 0 bridgehead atoms. The van der Waals surface area contributed by atoms with Crippen LogP contribution in [0.5, 0.6) is 11.5 Å². The van der Waals surface area contributed by atoms with E-state index in [2.05, 4.69) is 10.6 Å². The van der Waals surface area contributed by atoms with Gasteiger partial charge in [0.05, 0.1) is 10.7 Å². The second-order valence-electron chi connectivity index (χ2n) is 6.84. The molecule has 0 aromatic heterocycles. The molecule has 6 nitrogen and oxygen atoms in total. The minimum absolute atomic E-state index is 0.120. The van der Waals surface area contributed by atoms with Crippen LogP contribution in [0.3, 0.4) is 0 Å². The average molecular weight is 341 g/mol. The van der Waals surface area contributed by atoms with Crippen LogP contribution >= 0.6 is 11.6 Å².